The molecule has 0 aliphatic carbocycles. The summed E-state index contributed by atoms with van der Waals surface area (Å²) in [6.07, 6.45) is -0.303. The summed E-state index contributed by atoms with van der Waals surface area (Å²) in [5.41, 5.74) is 6.55. The predicted molar refractivity (Wildman–Crippen MR) is 103 cm³/mol. The number of rotatable bonds is 7. The second-order valence-electron chi connectivity index (χ2n) is 6.23. The fourth-order valence-electron chi connectivity index (χ4n) is 2.50. The predicted octanol–water partition coefficient (Wildman–Crippen LogP) is 2.15. The molecule has 4 N–H and O–H groups in total. The summed E-state index contributed by atoms with van der Waals surface area (Å²) in [7, 11) is 0. The second kappa shape index (κ2) is 8.70. The SMILES string of the molecule is Cc1[nH]c(C(=O)OCC(=O)Nc2sccc2C(N)=O)c(C)c1C(=O)OC(C)C. The van der Waals surface area contributed by atoms with E-state index in [0.717, 1.165) is 11.3 Å². The van der Waals surface area contributed by atoms with Gasteiger partial charge in [0.15, 0.2) is 6.61 Å². The first-order valence-electron chi connectivity index (χ1n) is 8.36. The largest absolute Gasteiger partial charge is 0.459 e. The summed E-state index contributed by atoms with van der Waals surface area (Å²) in [4.78, 5) is 50.5. The van der Waals surface area contributed by atoms with Gasteiger partial charge in [0.25, 0.3) is 11.8 Å². The van der Waals surface area contributed by atoms with Crippen molar-refractivity contribution in [2.24, 2.45) is 5.73 Å². The van der Waals surface area contributed by atoms with E-state index in [1.165, 1.54) is 6.07 Å². The van der Waals surface area contributed by atoms with E-state index < -0.39 is 30.4 Å². The molecule has 0 unspecified atom stereocenters. The quantitative estimate of drug-likeness (QED) is 0.601. The number of hydrogen-bond acceptors (Lipinski definition) is 7. The lowest BCUT2D eigenvalue weighted by atomic mass is 10.1. The molecule has 0 saturated carbocycles. The molecule has 10 heteroatoms. The molecule has 0 atom stereocenters. The fraction of sp³-hybridized carbons (Fsp3) is 0.333. The maximum Gasteiger partial charge on any atom is 0.355 e. The standard InChI is InChI=1S/C18H21N3O6S/c1-8(2)27-17(24)13-9(3)14(20-10(13)4)18(25)26-7-12(22)21-16-11(15(19)23)5-6-28-16/h5-6,8,20H,7H2,1-4H3,(H2,19,23)(H,21,22). The Morgan fingerprint density at radius 1 is 1.21 bits per heavy atom. The third-order valence-corrected chi connectivity index (χ3v) is 4.54. The molecule has 0 fully saturated rings. The highest BCUT2D eigenvalue weighted by atomic mass is 32.1. The van der Waals surface area contributed by atoms with Gasteiger partial charge in [0, 0.05) is 5.69 Å². The van der Waals surface area contributed by atoms with Crippen LogP contribution in [0.25, 0.3) is 0 Å². The van der Waals surface area contributed by atoms with Gasteiger partial charge in [0.05, 0.1) is 17.2 Å². The van der Waals surface area contributed by atoms with Crippen molar-refractivity contribution in [2.75, 3.05) is 11.9 Å². The van der Waals surface area contributed by atoms with E-state index in [-0.39, 0.29) is 27.9 Å². The molecule has 2 amide bonds. The number of anilines is 1. The topological polar surface area (TPSA) is 141 Å². The summed E-state index contributed by atoms with van der Waals surface area (Å²) in [6, 6.07) is 1.48. The first-order chi connectivity index (χ1) is 13.1. The Kier molecular flexibility index (Phi) is 6.57. The van der Waals surface area contributed by atoms with Gasteiger partial charge in [-0.1, -0.05) is 0 Å². The molecule has 2 aromatic rings. The molecule has 28 heavy (non-hydrogen) atoms. The van der Waals surface area contributed by atoms with Crippen LogP contribution in [0.3, 0.4) is 0 Å². The van der Waals surface area contributed by atoms with Crippen LogP contribution in [0.15, 0.2) is 11.4 Å². The van der Waals surface area contributed by atoms with Gasteiger partial charge in [-0.2, -0.15) is 0 Å². The number of carbonyl (C=O) groups is 4. The van der Waals surface area contributed by atoms with Crippen LogP contribution >= 0.6 is 11.3 Å². The van der Waals surface area contributed by atoms with Crippen LogP contribution in [-0.4, -0.2) is 41.4 Å². The van der Waals surface area contributed by atoms with Crippen molar-refractivity contribution >= 4 is 40.1 Å². The maximum atomic E-state index is 12.3. The zero-order chi connectivity index (χ0) is 21.0. The Morgan fingerprint density at radius 3 is 2.50 bits per heavy atom. The van der Waals surface area contributed by atoms with Crippen LogP contribution in [0, 0.1) is 13.8 Å². The van der Waals surface area contributed by atoms with E-state index in [0.29, 0.717) is 11.3 Å². The number of primary amides is 1. The number of carbonyl (C=O) groups excluding carboxylic acids is 4. The van der Waals surface area contributed by atoms with Crippen molar-refractivity contribution in [3.63, 3.8) is 0 Å². The minimum absolute atomic E-state index is 0.0648. The summed E-state index contributed by atoms with van der Waals surface area (Å²) in [5, 5.41) is 4.35. The lowest BCUT2D eigenvalue weighted by Gasteiger charge is -2.08. The molecule has 2 rings (SSSR count). The molecule has 0 saturated heterocycles. The molecular weight excluding hydrogens is 386 g/mol. The lowest BCUT2D eigenvalue weighted by Crippen LogP contribution is -2.22. The Hall–Kier alpha value is -3.14. The molecule has 9 nitrogen and oxygen atoms in total. The third-order valence-electron chi connectivity index (χ3n) is 3.71. The summed E-state index contributed by atoms with van der Waals surface area (Å²) in [5.74, 6) is -2.64. The Morgan fingerprint density at radius 2 is 1.89 bits per heavy atom. The van der Waals surface area contributed by atoms with Gasteiger partial charge in [-0.15, -0.1) is 11.3 Å². The van der Waals surface area contributed by atoms with Gasteiger partial charge >= 0.3 is 11.9 Å². The molecule has 0 aromatic carbocycles. The number of aryl methyl sites for hydroxylation is 1. The Bertz CT molecular complexity index is 928. The number of aromatic nitrogens is 1. The summed E-state index contributed by atoms with van der Waals surface area (Å²) >= 11 is 1.12. The number of ether oxygens (including phenoxy) is 2. The van der Waals surface area contributed by atoms with E-state index in [4.69, 9.17) is 15.2 Å². The van der Waals surface area contributed by atoms with E-state index in [1.807, 2.05) is 0 Å². The molecular formula is C18H21N3O6S. The van der Waals surface area contributed by atoms with Crippen LogP contribution < -0.4 is 11.1 Å². The first-order valence-corrected chi connectivity index (χ1v) is 9.24. The normalized spacial score (nSPS) is 10.6. The van der Waals surface area contributed by atoms with Crippen molar-refractivity contribution in [1.29, 1.82) is 0 Å². The maximum absolute atomic E-state index is 12.3. The van der Waals surface area contributed by atoms with E-state index >= 15 is 0 Å². The van der Waals surface area contributed by atoms with Gasteiger partial charge in [-0.05, 0) is 44.7 Å². The molecule has 0 radical (unpaired) electrons. The summed E-state index contributed by atoms with van der Waals surface area (Å²) < 4.78 is 10.2. The van der Waals surface area contributed by atoms with E-state index in [9.17, 15) is 19.2 Å². The summed E-state index contributed by atoms with van der Waals surface area (Å²) in [6.45, 7) is 6.09. The monoisotopic (exact) mass is 407 g/mol. The number of thiophene rings is 1. The number of aromatic amines is 1. The first kappa shape index (κ1) is 21.2. The van der Waals surface area contributed by atoms with Crippen molar-refractivity contribution in [1.82, 2.24) is 4.98 Å². The van der Waals surface area contributed by atoms with Crippen molar-refractivity contribution in [2.45, 2.75) is 33.8 Å². The Labute approximate surface area is 165 Å². The van der Waals surface area contributed by atoms with Crippen LogP contribution in [0.1, 0.15) is 56.3 Å². The molecule has 0 aliphatic rings. The smallest absolute Gasteiger partial charge is 0.355 e. The number of nitrogens with one attached hydrogen (secondary N) is 2. The number of amides is 2. The van der Waals surface area contributed by atoms with Crippen molar-refractivity contribution in [3.05, 3.63) is 39.5 Å². The highest BCUT2D eigenvalue weighted by Gasteiger charge is 2.25. The van der Waals surface area contributed by atoms with Gasteiger partial charge in [-0.3, -0.25) is 9.59 Å². The number of nitrogens with two attached hydrogens (primary N) is 1. The molecule has 2 heterocycles. The number of hydrogen-bond donors (Lipinski definition) is 3. The average molecular weight is 407 g/mol. The van der Waals surface area contributed by atoms with Crippen LogP contribution in [0.2, 0.25) is 0 Å². The van der Waals surface area contributed by atoms with Crippen LogP contribution in [0.5, 0.6) is 0 Å². The fourth-order valence-corrected chi connectivity index (χ4v) is 3.31. The highest BCUT2D eigenvalue weighted by molar-refractivity contribution is 7.14. The van der Waals surface area contributed by atoms with Gasteiger partial charge in [0.1, 0.15) is 10.7 Å². The Balaban J connectivity index is 2.03. The molecule has 150 valence electrons. The minimum atomic E-state index is -0.791. The number of esters is 2. The van der Waals surface area contributed by atoms with E-state index in [1.54, 1.807) is 33.1 Å². The van der Waals surface area contributed by atoms with E-state index in [2.05, 4.69) is 10.3 Å². The van der Waals surface area contributed by atoms with Crippen molar-refractivity contribution < 1.29 is 28.7 Å². The minimum Gasteiger partial charge on any atom is -0.459 e. The zero-order valence-corrected chi connectivity index (χ0v) is 16.7. The zero-order valence-electron chi connectivity index (χ0n) is 15.9. The van der Waals surface area contributed by atoms with Crippen LogP contribution in [0.4, 0.5) is 5.00 Å². The molecule has 2 aromatic heterocycles. The van der Waals surface area contributed by atoms with Crippen molar-refractivity contribution in [3.8, 4) is 0 Å². The average Bonchev–Trinajstić information content (AvgIpc) is 3.16. The number of H-pyrrole nitrogens is 1. The highest BCUT2D eigenvalue weighted by Crippen LogP contribution is 2.23. The van der Waals surface area contributed by atoms with Gasteiger partial charge < -0.3 is 25.5 Å². The molecule has 0 bridgehead atoms. The van der Waals surface area contributed by atoms with Gasteiger partial charge in [-0.25, -0.2) is 9.59 Å². The molecule has 0 spiro atoms. The third kappa shape index (κ3) is 4.77. The van der Waals surface area contributed by atoms with Crippen LogP contribution in [-0.2, 0) is 14.3 Å². The lowest BCUT2D eigenvalue weighted by molar-refractivity contribution is -0.119. The van der Waals surface area contributed by atoms with Gasteiger partial charge in [0.2, 0.25) is 0 Å². The molecule has 0 aliphatic heterocycles. The second-order valence-corrected chi connectivity index (χ2v) is 7.15.